The molecule has 13 N–H and O–H groups in total. The Morgan fingerprint density at radius 3 is 1.55 bits per heavy atom. The summed E-state index contributed by atoms with van der Waals surface area (Å²) < 4.78 is 14.8. The van der Waals surface area contributed by atoms with Gasteiger partial charge in [-0.3, -0.25) is 4.79 Å². The van der Waals surface area contributed by atoms with Gasteiger partial charge in [-0.25, -0.2) is 9.36 Å². The maximum absolute atomic E-state index is 13.0. The summed E-state index contributed by atoms with van der Waals surface area (Å²) >= 11 is 0. The van der Waals surface area contributed by atoms with E-state index in [2.05, 4.69) is 25.9 Å². The number of benzene rings is 2. The first-order valence-electron chi connectivity index (χ1n) is 17.8. The highest BCUT2D eigenvalue weighted by molar-refractivity contribution is 6.04. The number of carbonyl (C=O) groups excluding carboxylic acids is 1. The van der Waals surface area contributed by atoms with E-state index < -0.39 is 60.8 Å². The molecule has 10 atom stereocenters. The smallest absolute Gasteiger partial charge is 0.255 e. The first-order chi connectivity index (χ1) is 25.5. The zero-order valence-electron chi connectivity index (χ0n) is 29.2. The van der Waals surface area contributed by atoms with Gasteiger partial charge in [-0.2, -0.15) is 0 Å². The van der Waals surface area contributed by atoms with Crippen LogP contribution in [-0.4, -0.2) is 130 Å². The van der Waals surface area contributed by atoms with E-state index in [-0.39, 0.29) is 5.91 Å². The van der Waals surface area contributed by atoms with Crippen LogP contribution in [-0.2, 0) is 22.3 Å². The number of nitrogens with zero attached hydrogens (tertiary/aromatic N) is 6. The molecular formula is C35H49N11O7. The third-order valence-electron chi connectivity index (χ3n) is 9.82. The van der Waals surface area contributed by atoms with Gasteiger partial charge in [0.15, 0.2) is 0 Å². The Morgan fingerprint density at radius 1 is 0.660 bits per heavy atom. The fourth-order valence-electron chi connectivity index (χ4n) is 6.71. The van der Waals surface area contributed by atoms with E-state index >= 15 is 0 Å². The Labute approximate surface area is 306 Å². The molecule has 0 saturated heterocycles. The average molecular weight is 736 g/mol. The van der Waals surface area contributed by atoms with E-state index in [0.29, 0.717) is 63.0 Å². The molecule has 2 saturated carbocycles. The van der Waals surface area contributed by atoms with E-state index in [9.17, 15) is 25.2 Å². The lowest BCUT2D eigenvalue weighted by molar-refractivity contribution is -0.127. The third kappa shape index (κ3) is 9.30. The van der Waals surface area contributed by atoms with E-state index in [1.165, 1.54) is 0 Å². The predicted octanol–water partition coefficient (Wildman–Crippen LogP) is -1.70. The maximum Gasteiger partial charge on any atom is 0.255 e. The molecule has 2 aliphatic rings. The number of amides is 1. The van der Waals surface area contributed by atoms with Crippen molar-refractivity contribution in [3.63, 3.8) is 0 Å². The molecule has 1 amide bonds. The van der Waals surface area contributed by atoms with Crippen molar-refractivity contribution in [1.82, 2.24) is 30.0 Å². The van der Waals surface area contributed by atoms with Gasteiger partial charge in [0.2, 0.25) is 0 Å². The van der Waals surface area contributed by atoms with Crippen LogP contribution in [0.2, 0.25) is 0 Å². The molecule has 2 heterocycles. The van der Waals surface area contributed by atoms with Gasteiger partial charge in [-0.15, -0.1) is 10.2 Å². The number of aliphatic hydroxyl groups is 4. The lowest BCUT2D eigenvalue weighted by atomic mass is 9.85. The summed E-state index contributed by atoms with van der Waals surface area (Å²) in [5, 5.41) is 60.4. The highest BCUT2D eigenvalue weighted by atomic mass is 16.5. The van der Waals surface area contributed by atoms with Gasteiger partial charge in [0.25, 0.3) is 5.91 Å². The quantitative estimate of drug-likeness (QED) is 0.0652. The van der Waals surface area contributed by atoms with Crippen LogP contribution in [0.5, 0.6) is 0 Å². The van der Waals surface area contributed by atoms with Gasteiger partial charge in [-0.1, -0.05) is 10.4 Å². The summed E-state index contributed by atoms with van der Waals surface area (Å²) in [6.45, 7) is 0.651. The number of aryl methyl sites for hydroxylation is 2. The molecule has 0 bridgehead atoms. The zero-order valence-corrected chi connectivity index (χ0v) is 29.2. The second-order valence-corrected chi connectivity index (χ2v) is 13.8. The van der Waals surface area contributed by atoms with Crippen molar-refractivity contribution in [2.45, 2.75) is 99.3 Å². The standard InChI is InChI=1S/C35H49N11O7/c36-25-15-27(38)33(31(49)29(25)47)52-13-1-3-21-17-45(43-41-21)23-9-5-19(6-10-23)35(51)40-20-7-11-24(12-8-20)46-18-22(42-44-46)4-2-14-53-34-28(39)16-26(37)30(48)32(34)50/h5-12,17-18,25-34,47-50H,1-4,13-16,36-39H2,(H,40,51)/t25-,26-,27+,28+,29+,30+,31-,32-,33-,34-/m1/s1. The normalized spacial score (nSPS) is 28.9. The van der Waals surface area contributed by atoms with Crippen LogP contribution in [0.15, 0.2) is 60.9 Å². The monoisotopic (exact) mass is 735 g/mol. The topological polar surface area (TPSA) is 294 Å². The largest absolute Gasteiger partial charge is 0.389 e. The lowest BCUT2D eigenvalue weighted by Gasteiger charge is -2.39. The minimum absolute atomic E-state index is 0.273. The van der Waals surface area contributed by atoms with Crippen LogP contribution in [0.3, 0.4) is 0 Å². The highest BCUT2D eigenvalue weighted by Gasteiger charge is 2.42. The molecular weight excluding hydrogens is 686 g/mol. The summed E-state index contributed by atoms with van der Waals surface area (Å²) in [5.41, 5.74) is 27.8. The Bertz CT molecular complexity index is 1770. The van der Waals surface area contributed by atoms with Crippen molar-refractivity contribution in [1.29, 1.82) is 0 Å². The van der Waals surface area contributed by atoms with Crippen LogP contribution < -0.4 is 28.3 Å². The number of carbonyl (C=O) groups is 1. The molecule has 2 aromatic carbocycles. The number of nitrogens with one attached hydrogen (secondary N) is 1. The van der Waals surface area contributed by atoms with Gasteiger partial charge >= 0.3 is 0 Å². The minimum atomic E-state index is -1.13. The summed E-state index contributed by atoms with van der Waals surface area (Å²) in [4.78, 5) is 13.0. The lowest BCUT2D eigenvalue weighted by Crippen LogP contribution is -2.62. The predicted molar refractivity (Wildman–Crippen MR) is 192 cm³/mol. The average Bonchev–Trinajstić information content (AvgIpc) is 3.83. The molecule has 0 spiro atoms. The van der Waals surface area contributed by atoms with Gasteiger partial charge in [0.05, 0.1) is 47.4 Å². The van der Waals surface area contributed by atoms with Crippen molar-refractivity contribution in [2.75, 3.05) is 18.5 Å². The van der Waals surface area contributed by atoms with E-state index in [0.717, 1.165) is 22.8 Å². The molecule has 2 fully saturated rings. The van der Waals surface area contributed by atoms with Crippen molar-refractivity contribution in [3.05, 3.63) is 77.9 Å². The van der Waals surface area contributed by atoms with Gasteiger partial charge in [-0.05, 0) is 87.1 Å². The third-order valence-corrected chi connectivity index (χ3v) is 9.82. The number of aromatic nitrogens is 6. The number of rotatable bonds is 14. The van der Waals surface area contributed by atoms with Crippen molar-refractivity contribution >= 4 is 11.6 Å². The molecule has 286 valence electrons. The van der Waals surface area contributed by atoms with Crippen molar-refractivity contribution in [3.8, 4) is 11.4 Å². The molecule has 6 rings (SSSR count). The number of nitrogens with two attached hydrogens (primary N) is 4. The zero-order chi connectivity index (χ0) is 37.6. The SMILES string of the molecule is N[C@@H]1C[C@H](N)[C@@H](OCCCc2cn(-c3ccc(NC(=O)c4ccc(-n5cc(CCCO[C@H]6[C@H](O)[C@@H](O)[C@H](N)C[C@@H]6N)nn5)cc4)cc3)nn2)[C@H](O)[C@H]1O. The fraction of sp³-hybridized carbons (Fsp3) is 0.514. The molecule has 18 nitrogen and oxygen atoms in total. The highest BCUT2D eigenvalue weighted by Crippen LogP contribution is 2.23. The number of hydrogen-bond donors (Lipinski definition) is 9. The molecule has 4 aromatic rings. The first kappa shape index (κ1) is 38.5. The van der Waals surface area contributed by atoms with Gasteiger partial charge in [0, 0.05) is 48.6 Å². The molecule has 18 heteroatoms. The first-order valence-corrected chi connectivity index (χ1v) is 17.8. The van der Waals surface area contributed by atoms with Crippen LogP contribution in [0.25, 0.3) is 11.4 Å². The number of hydrogen-bond acceptors (Lipinski definition) is 15. The van der Waals surface area contributed by atoms with Crippen LogP contribution in [0.4, 0.5) is 5.69 Å². The van der Waals surface area contributed by atoms with Gasteiger partial charge in [0.1, 0.15) is 24.4 Å². The van der Waals surface area contributed by atoms with Gasteiger partial charge < -0.3 is 58.2 Å². The summed E-state index contributed by atoms with van der Waals surface area (Å²) in [5.74, 6) is -0.273. The van der Waals surface area contributed by atoms with E-state index in [1.807, 2.05) is 18.3 Å². The van der Waals surface area contributed by atoms with Crippen molar-refractivity contribution in [2.24, 2.45) is 22.9 Å². The maximum atomic E-state index is 13.0. The van der Waals surface area contributed by atoms with Crippen molar-refractivity contribution < 1.29 is 34.7 Å². The second-order valence-electron chi connectivity index (χ2n) is 13.8. The Hall–Kier alpha value is -4.21. The number of aliphatic hydroxyl groups excluding tert-OH is 4. The fourth-order valence-corrected chi connectivity index (χ4v) is 6.71. The number of anilines is 1. The minimum Gasteiger partial charge on any atom is -0.389 e. The van der Waals surface area contributed by atoms with Crippen LogP contribution in [0, 0.1) is 0 Å². The summed E-state index contributed by atoms with van der Waals surface area (Å²) in [6.07, 6.45) is 0.997. The van der Waals surface area contributed by atoms with Crippen LogP contribution >= 0.6 is 0 Å². The molecule has 0 unspecified atom stereocenters. The molecule has 2 aliphatic carbocycles. The Balaban J connectivity index is 0.928. The molecule has 0 aliphatic heterocycles. The van der Waals surface area contributed by atoms with E-state index in [4.69, 9.17) is 32.4 Å². The Morgan fingerprint density at radius 2 is 1.09 bits per heavy atom. The second kappa shape index (κ2) is 17.3. The summed E-state index contributed by atoms with van der Waals surface area (Å²) in [7, 11) is 0. The number of ether oxygens (including phenoxy) is 2. The molecule has 0 radical (unpaired) electrons. The van der Waals surface area contributed by atoms with E-state index in [1.54, 1.807) is 52.0 Å². The molecule has 2 aromatic heterocycles. The Kier molecular flexibility index (Phi) is 12.6. The molecule has 53 heavy (non-hydrogen) atoms. The van der Waals surface area contributed by atoms with Crippen LogP contribution in [0.1, 0.15) is 47.4 Å². The summed E-state index contributed by atoms with van der Waals surface area (Å²) in [6, 6.07) is 12.1.